The fourth-order valence-electron chi connectivity index (χ4n) is 3.10. The minimum absolute atomic E-state index is 0.0151. The number of aromatic nitrogens is 7. The topological polar surface area (TPSA) is 130 Å². The third-order valence-electron chi connectivity index (χ3n) is 4.48. The van der Waals surface area contributed by atoms with Gasteiger partial charge in [0.15, 0.2) is 23.6 Å². The highest BCUT2D eigenvalue weighted by molar-refractivity contribution is 5.54. The molecule has 2 N–H and O–H groups in total. The Bertz CT molecular complexity index is 1340. The Kier molecular flexibility index (Phi) is 5.48. The van der Waals surface area contributed by atoms with Crippen molar-refractivity contribution in [3.8, 4) is 17.7 Å². The number of nitrogens with zero attached hydrogens (tertiary/aromatic N) is 8. The quantitative estimate of drug-likeness (QED) is 0.344. The number of anilines is 1. The highest BCUT2D eigenvalue weighted by Gasteiger charge is 2.41. The number of pyridine rings is 2. The van der Waals surface area contributed by atoms with Crippen molar-refractivity contribution in [3.63, 3.8) is 0 Å². The average Bonchev–Trinajstić information content (AvgIpc) is 3.43. The molecule has 0 saturated carbocycles. The van der Waals surface area contributed by atoms with Crippen LogP contribution in [-0.2, 0) is 6.18 Å². The summed E-state index contributed by atoms with van der Waals surface area (Å²) in [6.07, 6.45) is -1.25. The number of alkyl halides is 3. The molecule has 0 radical (unpaired) electrons. The fraction of sp³-hybridized carbons (Fsp3) is 0.158. The molecule has 1 unspecified atom stereocenters. The Hall–Kier alpha value is -4.38. The lowest BCUT2D eigenvalue weighted by Crippen LogP contribution is -2.20. The zero-order valence-corrected chi connectivity index (χ0v) is 16.7. The van der Waals surface area contributed by atoms with Gasteiger partial charge in [0.05, 0.1) is 42.2 Å². The summed E-state index contributed by atoms with van der Waals surface area (Å²) < 4.78 is 55.5. The van der Waals surface area contributed by atoms with E-state index in [0.717, 1.165) is 23.3 Å². The van der Waals surface area contributed by atoms with Gasteiger partial charge in [0.1, 0.15) is 17.4 Å². The lowest BCUT2D eigenvalue weighted by atomic mass is 10.2. The molecule has 10 nitrogen and oxygen atoms in total. The maximum Gasteiger partial charge on any atom is 0.433 e. The van der Waals surface area contributed by atoms with Gasteiger partial charge in [-0.05, 0) is 24.6 Å². The van der Waals surface area contributed by atoms with Gasteiger partial charge in [-0.2, -0.15) is 33.7 Å². The molecule has 0 aliphatic carbocycles. The maximum absolute atomic E-state index is 13.9. The fourth-order valence-corrected chi connectivity index (χ4v) is 3.10. The van der Waals surface area contributed by atoms with Crippen LogP contribution in [0.15, 0.2) is 43.1 Å². The predicted molar refractivity (Wildman–Crippen MR) is 104 cm³/mol. The minimum Gasteiger partial charge on any atom is -0.369 e. The highest BCUT2D eigenvalue weighted by Crippen LogP contribution is 2.36. The second-order valence-corrected chi connectivity index (χ2v) is 6.72. The molecule has 0 saturated heterocycles. The summed E-state index contributed by atoms with van der Waals surface area (Å²) in [6, 6.07) is 4.18. The van der Waals surface area contributed by atoms with Crippen LogP contribution in [0.25, 0.3) is 11.6 Å². The van der Waals surface area contributed by atoms with Crippen molar-refractivity contribution in [2.24, 2.45) is 0 Å². The summed E-state index contributed by atoms with van der Waals surface area (Å²) in [6.45, 7) is 1.38. The van der Waals surface area contributed by atoms with E-state index in [2.05, 4.69) is 30.6 Å². The average molecular weight is 459 g/mol. The van der Waals surface area contributed by atoms with Gasteiger partial charge in [-0.25, -0.2) is 19.0 Å². The molecular weight excluding hydrogens is 446 g/mol. The van der Waals surface area contributed by atoms with Crippen molar-refractivity contribution in [2.75, 3.05) is 5.32 Å². The number of aryl methyl sites for hydroxylation is 1. The van der Waals surface area contributed by atoms with Crippen LogP contribution in [0.2, 0.25) is 0 Å². The number of halogens is 4. The molecule has 4 aromatic heterocycles. The lowest BCUT2D eigenvalue weighted by molar-refractivity contribution is -0.144. The monoisotopic (exact) mass is 459 g/mol. The lowest BCUT2D eigenvalue weighted by Gasteiger charge is -2.18. The minimum atomic E-state index is -4.93. The third kappa shape index (κ3) is 4.21. The Morgan fingerprint density at radius 1 is 1.06 bits per heavy atom. The Morgan fingerprint density at radius 3 is 2.39 bits per heavy atom. The first-order valence-corrected chi connectivity index (χ1v) is 9.18. The Balaban J connectivity index is 1.70. The van der Waals surface area contributed by atoms with Crippen molar-refractivity contribution < 1.29 is 22.7 Å². The van der Waals surface area contributed by atoms with E-state index in [-0.39, 0.29) is 28.5 Å². The van der Waals surface area contributed by atoms with Gasteiger partial charge in [0, 0.05) is 0 Å². The van der Waals surface area contributed by atoms with E-state index < -0.39 is 29.5 Å². The molecule has 4 heterocycles. The molecule has 0 bridgehead atoms. The predicted octanol–water partition coefficient (Wildman–Crippen LogP) is 2.68. The summed E-state index contributed by atoms with van der Waals surface area (Å²) in [5, 5.41) is 33.8. The van der Waals surface area contributed by atoms with Crippen LogP contribution in [0.4, 0.5) is 23.2 Å². The van der Waals surface area contributed by atoms with Crippen molar-refractivity contribution in [1.29, 1.82) is 5.26 Å². The van der Waals surface area contributed by atoms with Gasteiger partial charge < -0.3 is 10.4 Å². The molecule has 0 aliphatic heterocycles. The van der Waals surface area contributed by atoms with Gasteiger partial charge in [-0.15, -0.1) is 4.80 Å². The number of rotatable bonds is 5. The van der Waals surface area contributed by atoms with Gasteiger partial charge in [0.25, 0.3) is 0 Å². The molecule has 0 spiro atoms. The van der Waals surface area contributed by atoms with Gasteiger partial charge >= 0.3 is 6.18 Å². The standard InChI is InChI=1S/C19H13F4N9O/c1-10-4-12(20)7-25-16(10)31-15(19(21,22)23)14(9-29-31)18(33)30-13-5-11(6-24)17(26-8-13)32-27-2-3-28-32/h2-5,7-9,18,30,33H,1H3. The molecule has 4 aromatic rings. The van der Waals surface area contributed by atoms with Gasteiger partial charge in [-0.3, -0.25) is 0 Å². The van der Waals surface area contributed by atoms with E-state index in [0.29, 0.717) is 4.68 Å². The first kappa shape index (κ1) is 21.8. The third-order valence-corrected chi connectivity index (χ3v) is 4.48. The van der Waals surface area contributed by atoms with Crippen LogP contribution < -0.4 is 5.32 Å². The van der Waals surface area contributed by atoms with E-state index in [4.69, 9.17) is 0 Å². The normalized spacial score (nSPS) is 12.4. The summed E-state index contributed by atoms with van der Waals surface area (Å²) in [4.78, 5) is 8.83. The van der Waals surface area contributed by atoms with Crippen molar-refractivity contribution in [2.45, 2.75) is 19.3 Å². The zero-order valence-electron chi connectivity index (χ0n) is 16.7. The van der Waals surface area contributed by atoms with Crippen LogP contribution in [-0.4, -0.2) is 39.8 Å². The molecule has 33 heavy (non-hydrogen) atoms. The van der Waals surface area contributed by atoms with Crippen molar-refractivity contribution >= 4 is 5.69 Å². The maximum atomic E-state index is 13.9. The second kappa shape index (κ2) is 8.28. The SMILES string of the molecule is Cc1cc(F)cnc1-n1ncc(C(O)Nc2cnc(-n3nccn3)c(C#N)c2)c1C(F)(F)F. The van der Waals surface area contributed by atoms with Crippen LogP contribution in [0.5, 0.6) is 0 Å². The van der Waals surface area contributed by atoms with E-state index in [9.17, 15) is 27.9 Å². The summed E-state index contributed by atoms with van der Waals surface area (Å²) >= 11 is 0. The van der Waals surface area contributed by atoms with Crippen LogP contribution in [0.3, 0.4) is 0 Å². The summed E-state index contributed by atoms with van der Waals surface area (Å²) in [5.74, 6) is -0.857. The first-order valence-electron chi connectivity index (χ1n) is 9.18. The number of hydrogen-bond acceptors (Lipinski definition) is 8. The zero-order chi connectivity index (χ0) is 23.8. The molecule has 168 valence electrons. The molecule has 0 aliphatic rings. The molecule has 0 aromatic carbocycles. The van der Waals surface area contributed by atoms with Crippen molar-refractivity contribution in [1.82, 2.24) is 34.7 Å². The Labute approximate surface area is 182 Å². The molecule has 0 amide bonds. The van der Waals surface area contributed by atoms with Gasteiger partial charge in [0.2, 0.25) is 0 Å². The van der Waals surface area contributed by atoms with E-state index in [1.54, 1.807) is 0 Å². The first-order chi connectivity index (χ1) is 15.7. The summed E-state index contributed by atoms with van der Waals surface area (Å²) in [5.41, 5.74) is -1.71. The second-order valence-electron chi connectivity index (χ2n) is 6.72. The highest BCUT2D eigenvalue weighted by atomic mass is 19.4. The van der Waals surface area contributed by atoms with E-state index >= 15 is 0 Å². The van der Waals surface area contributed by atoms with Crippen molar-refractivity contribution in [3.05, 3.63) is 71.3 Å². The summed E-state index contributed by atoms with van der Waals surface area (Å²) in [7, 11) is 0. The number of aliphatic hydroxyl groups excluding tert-OH is 1. The van der Waals surface area contributed by atoms with Crippen LogP contribution in [0.1, 0.15) is 28.6 Å². The van der Waals surface area contributed by atoms with Crippen LogP contribution >= 0.6 is 0 Å². The number of nitrogens with one attached hydrogen (secondary N) is 1. The largest absolute Gasteiger partial charge is 0.433 e. The van der Waals surface area contributed by atoms with E-state index in [1.807, 2.05) is 6.07 Å². The molecule has 0 fully saturated rings. The molecule has 4 rings (SSSR count). The van der Waals surface area contributed by atoms with E-state index in [1.165, 1.54) is 31.6 Å². The van der Waals surface area contributed by atoms with Crippen LogP contribution in [0, 0.1) is 24.1 Å². The van der Waals surface area contributed by atoms with Gasteiger partial charge in [-0.1, -0.05) is 0 Å². The molecular formula is C19H13F4N9O. The smallest absolute Gasteiger partial charge is 0.369 e. The molecule has 1 atom stereocenters. The molecule has 14 heteroatoms. The number of hydrogen-bond donors (Lipinski definition) is 2. The number of aliphatic hydroxyl groups is 1. The Morgan fingerprint density at radius 2 is 1.76 bits per heavy atom. The number of nitriles is 1.